The molecule has 0 saturated carbocycles. The van der Waals surface area contributed by atoms with Crippen LogP contribution in [0.3, 0.4) is 0 Å². The van der Waals surface area contributed by atoms with E-state index in [1.165, 1.54) is 6.34 Å². The van der Waals surface area contributed by atoms with E-state index in [1.807, 2.05) is 0 Å². The first-order valence-corrected chi connectivity index (χ1v) is 4.97. The van der Waals surface area contributed by atoms with Gasteiger partial charge in [-0.25, -0.2) is 5.43 Å². The third-order valence-corrected chi connectivity index (χ3v) is 2.75. The zero-order valence-corrected chi connectivity index (χ0v) is 9.09. The van der Waals surface area contributed by atoms with Crippen LogP contribution in [-0.4, -0.2) is 18.8 Å². The molecule has 1 aliphatic heterocycles. The molecule has 0 bridgehead atoms. The predicted octanol–water partition coefficient (Wildman–Crippen LogP) is 1.87. The Morgan fingerprint density at radius 2 is 2.20 bits per heavy atom. The van der Waals surface area contributed by atoms with Crippen LogP contribution in [-0.2, 0) is 4.79 Å². The van der Waals surface area contributed by atoms with Gasteiger partial charge in [0.25, 0.3) is 5.91 Å². The lowest BCUT2D eigenvalue weighted by atomic mass is 10.3. The van der Waals surface area contributed by atoms with Gasteiger partial charge < -0.3 is 4.90 Å². The van der Waals surface area contributed by atoms with Gasteiger partial charge >= 0.3 is 0 Å². The fourth-order valence-corrected chi connectivity index (χ4v) is 1.67. The van der Waals surface area contributed by atoms with E-state index in [9.17, 15) is 4.79 Å². The molecule has 6 heteroatoms. The van der Waals surface area contributed by atoms with Gasteiger partial charge in [0.15, 0.2) is 0 Å². The highest BCUT2D eigenvalue weighted by atomic mass is 35.5. The second-order valence-electron chi connectivity index (χ2n) is 2.98. The Labute approximate surface area is 96.5 Å². The highest BCUT2D eigenvalue weighted by Crippen LogP contribution is 2.31. The average Bonchev–Trinajstić information content (AvgIpc) is 2.22. The summed E-state index contributed by atoms with van der Waals surface area (Å²) < 4.78 is 0. The quantitative estimate of drug-likeness (QED) is 0.819. The van der Waals surface area contributed by atoms with Gasteiger partial charge in [-0.1, -0.05) is 29.3 Å². The summed E-state index contributed by atoms with van der Waals surface area (Å²) in [7, 11) is 0. The number of anilines is 1. The number of nitrogens with zero attached hydrogens (tertiary/aromatic N) is 2. The normalized spacial score (nSPS) is 15.3. The second-order valence-corrected chi connectivity index (χ2v) is 3.77. The van der Waals surface area contributed by atoms with E-state index in [0.29, 0.717) is 15.7 Å². The highest BCUT2D eigenvalue weighted by Gasteiger charge is 2.16. The first kappa shape index (κ1) is 10.3. The fraction of sp³-hybridized carbons (Fsp3) is 0.111. The van der Waals surface area contributed by atoms with Crippen LogP contribution in [0, 0.1) is 0 Å². The molecule has 1 aromatic carbocycles. The van der Waals surface area contributed by atoms with Crippen molar-refractivity contribution in [3.8, 4) is 0 Å². The van der Waals surface area contributed by atoms with Crippen molar-refractivity contribution in [2.45, 2.75) is 0 Å². The Balaban J connectivity index is 2.37. The molecule has 1 amide bonds. The van der Waals surface area contributed by atoms with E-state index >= 15 is 0 Å². The summed E-state index contributed by atoms with van der Waals surface area (Å²) in [5.74, 6) is -0.187. The standard InChI is InChI=1S/C9H7Cl2N3O/c10-6-2-1-3-7(9(6)11)14-4-8(15)13-12-5-14/h1-3,5H,4H2,(H,13,15). The molecule has 1 N–H and O–H groups in total. The molecular formula is C9H7Cl2N3O. The number of hydrogen-bond donors (Lipinski definition) is 1. The van der Waals surface area contributed by atoms with Crippen LogP contribution < -0.4 is 10.3 Å². The van der Waals surface area contributed by atoms with Gasteiger partial charge in [-0.2, -0.15) is 5.10 Å². The van der Waals surface area contributed by atoms with E-state index in [2.05, 4.69) is 10.5 Å². The topological polar surface area (TPSA) is 44.7 Å². The lowest BCUT2D eigenvalue weighted by molar-refractivity contribution is -0.119. The van der Waals surface area contributed by atoms with Crippen LogP contribution in [0.15, 0.2) is 23.3 Å². The van der Waals surface area contributed by atoms with Gasteiger partial charge in [-0.05, 0) is 12.1 Å². The van der Waals surface area contributed by atoms with Crippen molar-refractivity contribution in [3.63, 3.8) is 0 Å². The zero-order valence-electron chi connectivity index (χ0n) is 7.58. The Kier molecular flexibility index (Phi) is 2.79. The van der Waals surface area contributed by atoms with E-state index in [0.717, 1.165) is 0 Å². The van der Waals surface area contributed by atoms with E-state index in [4.69, 9.17) is 23.2 Å². The predicted molar refractivity (Wildman–Crippen MR) is 60.4 cm³/mol. The SMILES string of the molecule is O=C1CN(c2cccc(Cl)c2Cl)C=NN1. The van der Waals surface area contributed by atoms with Crippen LogP contribution in [0.2, 0.25) is 10.0 Å². The average molecular weight is 244 g/mol. The number of halogens is 2. The van der Waals surface area contributed by atoms with Crippen molar-refractivity contribution in [1.29, 1.82) is 0 Å². The molecule has 0 radical (unpaired) electrons. The highest BCUT2D eigenvalue weighted by molar-refractivity contribution is 6.44. The molecule has 0 fully saturated rings. The molecular weight excluding hydrogens is 237 g/mol. The minimum atomic E-state index is -0.187. The maximum absolute atomic E-state index is 11.1. The molecule has 15 heavy (non-hydrogen) atoms. The maximum Gasteiger partial charge on any atom is 0.260 e. The smallest absolute Gasteiger partial charge is 0.260 e. The van der Waals surface area contributed by atoms with Crippen molar-refractivity contribution in [2.75, 3.05) is 11.4 Å². The van der Waals surface area contributed by atoms with Gasteiger partial charge in [0, 0.05) is 0 Å². The lowest BCUT2D eigenvalue weighted by Gasteiger charge is -2.22. The molecule has 0 aliphatic carbocycles. The molecule has 2 rings (SSSR count). The molecule has 1 aliphatic rings. The minimum Gasteiger partial charge on any atom is -0.320 e. The molecule has 78 valence electrons. The molecule has 0 saturated heterocycles. The second kappa shape index (κ2) is 4.08. The van der Waals surface area contributed by atoms with Gasteiger partial charge in [0.1, 0.15) is 12.9 Å². The zero-order chi connectivity index (χ0) is 10.8. The number of benzene rings is 1. The summed E-state index contributed by atoms with van der Waals surface area (Å²) in [5.41, 5.74) is 3.00. The first-order valence-electron chi connectivity index (χ1n) is 4.21. The number of hydrogen-bond acceptors (Lipinski definition) is 3. The molecule has 4 nitrogen and oxygen atoms in total. The van der Waals surface area contributed by atoms with Crippen molar-refractivity contribution in [2.24, 2.45) is 5.10 Å². The monoisotopic (exact) mass is 243 g/mol. The molecule has 1 aromatic rings. The Bertz CT molecular complexity index is 433. The summed E-state index contributed by atoms with van der Waals surface area (Å²) >= 11 is 11.9. The number of carbonyl (C=O) groups excluding carboxylic acids is 1. The summed E-state index contributed by atoms with van der Waals surface area (Å²) in [6, 6.07) is 5.23. The third-order valence-electron chi connectivity index (χ3n) is 1.94. The van der Waals surface area contributed by atoms with Crippen LogP contribution in [0.1, 0.15) is 0 Å². The maximum atomic E-state index is 11.1. The van der Waals surface area contributed by atoms with E-state index in [1.54, 1.807) is 23.1 Å². The third kappa shape index (κ3) is 2.06. The summed E-state index contributed by atoms with van der Waals surface area (Å²) in [5, 5.41) is 4.56. The summed E-state index contributed by atoms with van der Waals surface area (Å²) in [6.45, 7) is 0.184. The number of rotatable bonds is 1. The summed E-state index contributed by atoms with van der Waals surface area (Å²) in [4.78, 5) is 12.7. The number of amides is 1. The van der Waals surface area contributed by atoms with Crippen molar-refractivity contribution < 1.29 is 4.79 Å². The van der Waals surface area contributed by atoms with Gasteiger partial charge in [-0.15, -0.1) is 0 Å². The fourth-order valence-electron chi connectivity index (χ4n) is 1.26. The number of carbonyl (C=O) groups is 1. The largest absolute Gasteiger partial charge is 0.320 e. The number of hydrazone groups is 1. The Morgan fingerprint density at radius 3 is 2.93 bits per heavy atom. The Morgan fingerprint density at radius 1 is 1.40 bits per heavy atom. The van der Waals surface area contributed by atoms with Crippen LogP contribution in [0.4, 0.5) is 5.69 Å². The molecule has 0 aromatic heterocycles. The van der Waals surface area contributed by atoms with E-state index < -0.39 is 0 Å². The van der Waals surface area contributed by atoms with Crippen LogP contribution in [0.5, 0.6) is 0 Å². The summed E-state index contributed by atoms with van der Waals surface area (Å²) in [6.07, 6.45) is 1.50. The molecule has 0 unspecified atom stereocenters. The van der Waals surface area contributed by atoms with Gasteiger partial charge in [0.2, 0.25) is 0 Å². The number of nitrogens with one attached hydrogen (secondary N) is 1. The van der Waals surface area contributed by atoms with Crippen molar-refractivity contribution >= 4 is 41.1 Å². The van der Waals surface area contributed by atoms with Gasteiger partial charge in [0.05, 0.1) is 15.7 Å². The first-order chi connectivity index (χ1) is 7.18. The lowest BCUT2D eigenvalue weighted by Crippen LogP contribution is -2.39. The Hall–Kier alpha value is -1.26. The van der Waals surface area contributed by atoms with E-state index in [-0.39, 0.29) is 12.5 Å². The molecule has 0 spiro atoms. The van der Waals surface area contributed by atoms with Gasteiger partial charge in [-0.3, -0.25) is 4.79 Å². The minimum absolute atomic E-state index is 0.184. The van der Waals surface area contributed by atoms with Crippen LogP contribution in [0.25, 0.3) is 0 Å². The van der Waals surface area contributed by atoms with Crippen LogP contribution >= 0.6 is 23.2 Å². The van der Waals surface area contributed by atoms with Crippen molar-refractivity contribution in [1.82, 2.24) is 5.43 Å². The van der Waals surface area contributed by atoms with Crippen molar-refractivity contribution in [3.05, 3.63) is 28.2 Å². The molecule has 0 atom stereocenters. The molecule has 1 heterocycles.